The number of carboxylic acid groups (broad SMARTS) is 1. The van der Waals surface area contributed by atoms with E-state index < -0.39 is 18.1 Å². The summed E-state index contributed by atoms with van der Waals surface area (Å²) in [5.74, 6) is -1.45. The lowest BCUT2D eigenvalue weighted by atomic mass is 9.81. The third kappa shape index (κ3) is 5.39. The number of carboxylic acids is 1. The second kappa shape index (κ2) is 11.1. The molecule has 10 heteroatoms. The SMILES string of the molecule is COCCN(CC(=O)O)C(=O)C1=C(C(C)C)N2C(=N[C@@](C)(c3ccc(Cl)cc3)[C@H]2c2ccc(Cl)cc2)S1. The summed E-state index contributed by atoms with van der Waals surface area (Å²) in [5, 5.41) is 11.4. The molecule has 37 heavy (non-hydrogen) atoms. The van der Waals surface area contributed by atoms with Crippen LogP contribution in [-0.4, -0.2) is 58.8 Å². The molecular weight excluding hydrogens is 533 g/mol. The Hall–Kier alpha value is -2.52. The Labute approximate surface area is 231 Å². The highest BCUT2D eigenvalue weighted by Gasteiger charge is 2.53. The first-order valence-corrected chi connectivity index (χ1v) is 13.5. The van der Waals surface area contributed by atoms with Crippen molar-refractivity contribution in [1.29, 1.82) is 0 Å². The largest absolute Gasteiger partial charge is 0.480 e. The highest BCUT2D eigenvalue weighted by atomic mass is 35.5. The lowest BCUT2D eigenvalue weighted by Gasteiger charge is -2.37. The monoisotopic (exact) mass is 561 g/mol. The number of ether oxygens (including phenoxy) is 1. The number of fused-ring (bicyclic) bond motifs is 1. The highest BCUT2D eigenvalue weighted by molar-refractivity contribution is 8.18. The molecule has 2 aromatic rings. The zero-order valence-electron chi connectivity index (χ0n) is 21.1. The van der Waals surface area contributed by atoms with Gasteiger partial charge in [-0.25, -0.2) is 4.99 Å². The zero-order chi connectivity index (χ0) is 26.9. The van der Waals surface area contributed by atoms with Crippen molar-refractivity contribution < 1.29 is 19.4 Å². The number of allylic oxidation sites excluding steroid dienone is 1. The molecule has 0 aliphatic carbocycles. The van der Waals surface area contributed by atoms with Gasteiger partial charge in [0, 0.05) is 29.4 Å². The summed E-state index contributed by atoms with van der Waals surface area (Å²) in [6.07, 6.45) is 0. The number of hydrogen-bond donors (Lipinski definition) is 1. The molecule has 0 unspecified atom stereocenters. The van der Waals surface area contributed by atoms with Crippen molar-refractivity contribution in [1.82, 2.24) is 9.80 Å². The number of amides is 1. The Morgan fingerprint density at radius 2 is 1.73 bits per heavy atom. The summed E-state index contributed by atoms with van der Waals surface area (Å²) in [6, 6.07) is 15.1. The third-order valence-electron chi connectivity index (χ3n) is 6.54. The summed E-state index contributed by atoms with van der Waals surface area (Å²) in [7, 11) is 1.52. The van der Waals surface area contributed by atoms with E-state index in [1.807, 2.05) is 62.4 Å². The predicted molar refractivity (Wildman–Crippen MR) is 148 cm³/mol. The molecule has 2 aromatic carbocycles. The standard InChI is InChI=1S/C27H29Cl2N3O4S/c1-16(2)22-23(25(35)31(13-14-36-4)15-21(33)34)37-26-30-27(3,18-7-11-20(29)12-8-18)24(32(22)26)17-5-9-19(28)10-6-17/h5-12,16,24H,13-15H2,1-4H3,(H,33,34)/t24-,27+/m1/s1. The van der Waals surface area contributed by atoms with Crippen LogP contribution in [0.1, 0.15) is 37.9 Å². The molecular formula is C27H29Cl2N3O4S. The number of amidine groups is 1. The summed E-state index contributed by atoms with van der Waals surface area (Å²) in [6.45, 7) is 6.13. The number of methoxy groups -OCH3 is 1. The van der Waals surface area contributed by atoms with Crippen molar-refractivity contribution >= 4 is 52.0 Å². The molecule has 0 saturated heterocycles. The molecule has 0 fully saturated rings. The van der Waals surface area contributed by atoms with Crippen molar-refractivity contribution in [2.45, 2.75) is 32.4 Å². The molecule has 0 saturated carbocycles. The molecule has 2 atom stereocenters. The molecule has 2 aliphatic rings. The predicted octanol–water partition coefficient (Wildman–Crippen LogP) is 5.80. The van der Waals surface area contributed by atoms with Crippen LogP contribution in [0.4, 0.5) is 0 Å². The van der Waals surface area contributed by atoms with Gasteiger partial charge in [-0.1, -0.05) is 61.3 Å². The van der Waals surface area contributed by atoms with Gasteiger partial charge in [0.15, 0.2) is 5.17 Å². The maximum atomic E-state index is 13.7. The van der Waals surface area contributed by atoms with Crippen molar-refractivity contribution in [3.8, 4) is 0 Å². The Kier molecular flexibility index (Phi) is 8.23. The van der Waals surface area contributed by atoms with Crippen molar-refractivity contribution in [3.63, 3.8) is 0 Å². The number of carbonyl (C=O) groups is 2. The van der Waals surface area contributed by atoms with Crippen LogP contribution in [-0.2, 0) is 19.9 Å². The van der Waals surface area contributed by atoms with E-state index in [2.05, 4.69) is 11.8 Å². The van der Waals surface area contributed by atoms with Gasteiger partial charge in [0.2, 0.25) is 0 Å². The summed E-state index contributed by atoms with van der Waals surface area (Å²) < 4.78 is 5.12. The van der Waals surface area contributed by atoms with Crippen LogP contribution in [0, 0.1) is 5.92 Å². The van der Waals surface area contributed by atoms with Gasteiger partial charge in [-0.3, -0.25) is 9.59 Å². The third-order valence-corrected chi connectivity index (χ3v) is 8.11. The van der Waals surface area contributed by atoms with Crippen LogP contribution in [0.3, 0.4) is 0 Å². The van der Waals surface area contributed by atoms with Crippen molar-refractivity contribution in [2.75, 3.05) is 26.8 Å². The van der Waals surface area contributed by atoms with Gasteiger partial charge < -0.3 is 19.6 Å². The number of rotatable bonds is 9. The molecule has 2 heterocycles. The maximum absolute atomic E-state index is 13.7. The minimum Gasteiger partial charge on any atom is -0.480 e. The van der Waals surface area contributed by atoms with Crippen LogP contribution < -0.4 is 0 Å². The molecule has 1 N–H and O–H groups in total. The van der Waals surface area contributed by atoms with Crippen LogP contribution >= 0.6 is 35.0 Å². The van der Waals surface area contributed by atoms with Gasteiger partial charge >= 0.3 is 5.97 Å². The number of aliphatic imine (C=N–C) groups is 1. The maximum Gasteiger partial charge on any atom is 0.323 e. The first-order chi connectivity index (χ1) is 17.6. The normalized spacial score (nSPS) is 20.9. The highest BCUT2D eigenvalue weighted by Crippen LogP contribution is 2.56. The number of benzene rings is 2. The molecule has 0 spiro atoms. The van der Waals surface area contributed by atoms with Crippen LogP contribution in [0.25, 0.3) is 0 Å². The topological polar surface area (TPSA) is 82.4 Å². The first kappa shape index (κ1) is 27.5. The summed E-state index contributed by atoms with van der Waals surface area (Å²) in [5.41, 5.74) is 2.13. The van der Waals surface area contributed by atoms with E-state index in [-0.39, 0.29) is 31.0 Å². The van der Waals surface area contributed by atoms with Gasteiger partial charge in [-0.2, -0.15) is 0 Å². The number of hydrogen-bond acceptors (Lipinski definition) is 6. The van der Waals surface area contributed by atoms with Crippen LogP contribution in [0.15, 0.2) is 64.1 Å². The van der Waals surface area contributed by atoms with Crippen molar-refractivity contribution in [2.24, 2.45) is 10.9 Å². The number of thioether (sulfide) groups is 1. The fourth-order valence-electron chi connectivity index (χ4n) is 4.83. The molecule has 1 amide bonds. The smallest absolute Gasteiger partial charge is 0.323 e. The van der Waals surface area contributed by atoms with Gasteiger partial charge in [0.1, 0.15) is 17.0 Å². The molecule has 0 bridgehead atoms. The van der Waals surface area contributed by atoms with E-state index in [4.69, 9.17) is 32.9 Å². The van der Waals surface area contributed by atoms with E-state index in [0.29, 0.717) is 20.1 Å². The minimum atomic E-state index is -1.08. The summed E-state index contributed by atoms with van der Waals surface area (Å²) in [4.78, 5) is 34.4. The Bertz CT molecular complexity index is 1250. The molecule has 7 nitrogen and oxygen atoms in total. The summed E-state index contributed by atoms with van der Waals surface area (Å²) >= 11 is 13.7. The van der Waals surface area contributed by atoms with Crippen LogP contribution in [0.5, 0.6) is 0 Å². The fraction of sp³-hybridized carbons (Fsp3) is 0.370. The second-order valence-electron chi connectivity index (χ2n) is 9.46. The average Bonchev–Trinajstić information content (AvgIpc) is 3.34. The molecule has 2 aliphatic heterocycles. The number of nitrogens with zero attached hydrogens (tertiary/aromatic N) is 3. The second-order valence-corrected chi connectivity index (χ2v) is 11.3. The van der Waals surface area contributed by atoms with E-state index in [9.17, 15) is 14.7 Å². The Morgan fingerprint density at radius 3 is 2.27 bits per heavy atom. The van der Waals surface area contributed by atoms with E-state index in [0.717, 1.165) is 16.8 Å². The van der Waals surface area contributed by atoms with Gasteiger partial charge in [0.25, 0.3) is 5.91 Å². The molecule has 0 radical (unpaired) electrons. The fourth-order valence-corrected chi connectivity index (χ4v) is 6.45. The number of aliphatic carboxylic acids is 1. The van der Waals surface area contributed by atoms with Gasteiger partial charge in [-0.05, 0) is 60.0 Å². The molecule has 4 rings (SSSR count). The lowest BCUT2D eigenvalue weighted by molar-refractivity contribution is -0.143. The van der Waals surface area contributed by atoms with Crippen molar-refractivity contribution in [3.05, 3.63) is 80.3 Å². The average molecular weight is 563 g/mol. The Morgan fingerprint density at radius 1 is 1.14 bits per heavy atom. The molecule has 196 valence electrons. The van der Waals surface area contributed by atoms with Gasteiger partial charge in [-0.15, -0.1) is 0 Å². The van der Waals surface area contributed by atoms with E-state index >= 15 is 0 Å². The molecule has 0 aromatic heterocycles. The number of carbonyl (C=O) groups excluding carboxylic acids is 1. The zero-order valence-corrected chi connectivity index (χ0v) is 23.4. The van der Waals surface area contributed by atoms with E-state index in [1.54, 1.807) is 0 Å². The van der Waals surface area contributed by atoms with Gasteiger partial charge in [0.05, 0.1) is 12.6 Å². The minimum absolute atomic E-state index is 0.0318. The van der Waals surface area contributed by atoms with E-state index in [1.165, 1.54) is 23.8 Å². The first-order valence-electron chi connectivity index (χ1n) is 11.9. The lowest BCUT2D eigenvalue weighted by Crippen LogP contribution is -2.39. The van der Waals surface area contributed by atoms with Crippen LogP contribution in [0.2, 0.25) is 10.0 Å². The number of halogens is 2. The Balaban J connectivity index is 1.84. The quantitative estimate of drug-likeness (QED) is 0.417.